The van der Waals surface area contributed by atoms with Gasteiger partial charge in [0.2, 0.25) is 0 Å². The highest BCUT2D eigenvalue weighted by molar-refractivity contribution is 6.02. The summed E-state index contributed by atoms with van der Waals surface area (Å²) < 4.78 is 0. The lowest BCUT2D eigenvalue weighted by Crippen LogP contribution is -2.29. The predicted molar refractivity (Wildman–Crippen MR) is 114 cm³/mol. The van der Waals surface area contributed by atoms with E-state index >= 15 is 0 Å². The van der Waals surface area contributed by atoms with E-state index in [9.17, 15) is 10.1 Å². The number of nitrogens with one attached hydrogen (secondary N) is 1. The molecule has 1 aliphatic rings. The lowest BCUT2D eigenvalue weighted by molar-refractivity contribution is -0.117. The fourth-order valence-electron chi connectivity index (χ4n) is 3.51. The molecular weight excluding hydrogens is 348 g/mol. The fraction of sp³-hybridized carbons (Fsp3) is 0.304. The zero-order valence-electron chi connectivity index (χ0n) is 16.6. The standard InChI is InChI=1S/C23H26N4O/c1-26(2)19-12-10-17(11-13-19)15-18(16-24)23(28)25-21-8-6-14-27(3)22-9-5-4-7-20(21)22/h4-5,7,9-13,15,21H,6,8,14H2,1-3H3,(H,25,28)/b18-15+. The minimum atomic E-state index is -0.330. The van der Waals surface area contributed by atoms with Gasteiger partial charge in [-0.2, -0.15) is 5.26 Å². The summed E-state index contributed by atoms with van der Waals surface area (Å²) in [6, 6.07) is 17.9. The topological polar surface area (TPSA) is 59.4 Å². The van der Waals surface area contributed by atoms with Crippen molar-refractivity contribution in [2.45, 2.75) is 18.9 Å². The molecular formula is C23H26N4O. The molecule has 0 aliphatic carbocycles. The number of para-hydroxylation sites is 1. The van der Waals surface area contributed by atoms with Crippen LogP contribution in [0.3, 0.4) is 0 Å². The number of carbonyl (C=O) groups is 1. The van der Waals surface area contributed by atoms with Crippen LogP contribution in [0.15, 0.2) is 54.1 Å². The molecule has 0 bridgehead atoms. The smallest absolute Gasteiger partial charge is 0.262 e. The van der Waals surface area contributed by atoms with Gasteiger partial charge in [-0.3, -0.25) is 4.79 Å². The molecule has 2 aromatic rings. The predicted octanol–water partition coefficient (Wildman–Crippen LogP) is 3.75. The Balaban J connectivity index is 1.80. The number of benzene rings is 2. The maximum absolute atomic E-state index is 12.8. The van der Waals surface area contributed by atoms with Gasteiger partial charge in [-0.1, -0.05) is 30.3 Å². The number of amides is 1. The summed E-state index contributed by atoms with van der Waals surface area (Å²) in [5, 5.41) is 12.6. The third-order valence-corrected chi connectivity index (χ3v) is 5.10. The molecule has 1 amide bonds. The number of anilines is 2. The Bertz CT molecular complexity index is 909. The molecule has 144 valence electrons. The van der Waals surface area contributed by atoms with Gasteiger partial charge in [0.15, 0.2) is 0 Å². The van der Waals surface area contributed by atoms with Crippen LogP contribution in [-0.4, -0.2) is 33.6 Å². The normalized spacial score (nSPS) is 16.6. The summed E-state index contributed by atoms with van der Waals surface area (Å²) in [7, 11) is 6.02. The van der Waals surface area contributed by atoms with E-state index in [0.717, 1.165) is 41.9 Å². The molecule has 0 spiro atoms. The van der Waals surface area contributed by atoms with Crippen molar-refractivity contribution in [2.75, 3.05) is 37.5 Å². The van der Waals surface area contributed by atoms with Crippen LogP contribution in [0.4, 0.5) is 11.4 Å². The van der Waals surface area contributed by atoms with Crippen molar-refractivity contribution in [2.24, 2.45) is 0 Å². The van der Waals surface area contributed by atoms with E-state index in [1.165, 1.54) is 0 Å². The Labute approximate surface area is 166 Å². The Hall–Kier alpha value is -3.26. The first-order valence-corrected chi connectivity index (χ1v) is 9.49. The van der Waals surface area contributed by atoms with E-state index in [1.54, 1.807) is 6.08 Å². The second-order valence-electron chi connectivity index (χ2n) is 7.30. The van der Waals surface area contributed by atoms with Gasteiger partial charge < -0.3 is 15.1 Å². The van der Waals surface area contributed by atoms with E-state index in [0.29, 0.717) is 0 Å². The van der Waals surface area contributed by atoms with Gasteiger partial charge in [0.25, 0.3) is 5.91 Å². The third kappa shape index (κ3) is 4.34. The molecule has 2 aromatic carbocycles. The molecule has 0 saturated heterocycles. The number of hydrogen-bond donors (Lipinski definition) is 1. The van der Waals surface area contributed by atoms with Crippen molar-refractivity contribution in [3.8, 4) is 6.07 Å². The molecule has 1 N–H and O–H groups in total. The summed E-state index contributed by atoms with van der Waals surface area (Å²) in [4.78, 5) is 17.0. The third-order valence-electron chi connectivity index (χ3n) is 5.10. The van der Waals surface area contributed by atoms with Crippen molar-refractivity contribution < 1.29 is 4.79 Å². The number of fused-ring (bicyclic) bond motifs is 1. The van der Waals surface area contributed by atoms with E-state index in [-0.39, 0.29) is 17.5 Å². The van der Waals surface area contributed by atoms with Crippen molar-refractivity contribution in [3.63, 3.8) is 0 Å². The molecule has 0 fully saturated rings. The van der Waals surface area contributed by atoms with Crippen LogP contribution in [0.25, 0.3) is 6.08 Å². The SMILES string of the molecule is CN(C)c1ccc(/C=C(\C#N)C(=O)NC2CCCN(C)c3ccccc32)cc1. The number of hydrogen-bond acceptors (Lipinski definition) is 4. The van der Waals surface area contributed by atoms with Gasteiger partial charge in [0, 0.05) is 39.1 Å². The molecule has 3 rings (SSSR count). The summed E-state index contributed by atoms with van der Waals surface area (Å²) in [5.74, 6) is -0.330. The zero-order valence-corrected chi connectivity index (χ0v) is 16.6. The average Bonchev–Trinajstić information content (AvgIpc) is 2.86. The number of nitriles is 1. The molecule has 0 radical (unpaired) electrons. The Kier molecular flexibility index (Phi) is 6.00. The largest absolute Gasteiger partial charge is 0.378 e. The van der Waals surface area contributed by atoms with E-state index in [2.05, 4.69) is 35.5 Å². The summed E-state index contributed by atoms with van der Waals surface area (Å²) in [5.41, 5.74) is 4.25. The van der Waals surface area contributed by atoms with Crippen LogP contribution in [0, 0.1) is 11.3 Å². The fourth-order valence-corrected chi connectivity index (χ4v) is 3.51. The minimum absolute atomic E-state index is 0.0958. The van der Waals surface area contributed by atoms with Crippen LogP contribution >= 0.6 is 0 Å². The lowest BCUT2D eigenvalue weighted by Gasteiger charge is -2.22. The van der Waals surface area contributed by atoms with Crippen LogP contribution < -0.4 is 15.1 Å². The van der Waals surface area contributed by atoms with Gasteiger partial charge in [-0.15, -0.1) is 0 Å². The second kappa shape index (κ2) is 8.62. The monoisotopic (exact) mass is 374 g/mol. The first kappa shape index (κ1) is 19.5. The molecule has 1 heterocycles. The Morgan fingerprint density at radius 3 is 2.61 bits per heavy atom. The van der Waals surface area contributed by atoms with Crippen LogP contribution in [0.2, 0.25) is 0 Å². The van der Waals surface area contributed by atoms with Gasteiger partial charge in [-0.25, -0.2) is 0 Å². The van der Waals surface area contributed by atoms with E-state index < -0.39 is 0 Å². The quantitative estimate of drug-likeness (QED) is 0.654. The maximum Gasteiger partial charge on any atom is 0.262 e. The average molecular weight is 374 g/mol. The highest BCUT2D eigenvalue weighted by Crippen LogP contribution is 2.32. The first-order chi connectivity index (χ1) is 13.5. The molecule has 5 heteroatoms. The molecule has 0 saturated carbocycles. The molecule has 0 aromatic heterocycles. The molecule has 1 aliphatic heterocycles. The molecule has 1 atom stereocenters. The zero-order chi connectivity index (χ0) is 20.1. The maximum atomic E-state index is 12.8. The van der Waals surface area contributed by atoms with E-state index in [4.69, 9.17) is 0 Å². The molecule has 5 nitrogen and oxygen atoms in total. The highest BCUT2D eigenvalue weighted by Gasteiger charge is 2.23. The van der Waals surface area contributed by atoms with Gasteiger partial charge in [0.1, 0.15) is 11.6 Å². The van der Waals surface area contributed by atoms with Gasteiger partial charge in [-0.05, 0) is 48.2 Å². The Morgan fingerprint density at radius 2 is 1.93 bits per heavy atom. The molecule has 1 unspecified atom stereocenters. The van der Waals surface area contributed by atoms with Gasteiger partial charge in [0.05, 0.1) is 6.04 Å². The number of nitrogens with zero attached hydrogens (tertiary/aromatic N) is 3. The van der Waals surface area contributed by atoms with Crippen molar-refractivity contribution in [3.05, 3.63) is 65.2 Å². The number of rotatable bonds is 4. The van der Waals surface area contributed by atoms with Crippen LogP contribution in [0.5, 0.6) is 0 Å². The molecule has 28 heavy (non-hydrogen) atoms. The summed E-state index contributed by atoms with van der Waals surface area (Å²) in [6.07, 6.45) is 3.47. The van der Waals surface area contributed by atoms with Crippen LogP contribution in [-0.2, 0) is 4.79 Å². The summed E-state index contributed by atoms with van der Waals surface area (Å²) >= 11 is 0. The highest BCUT2D eigenvalue weighted by atomic mass is 16.1. The van der Waals surface area contributed by atoms with Crippen LogP contribution in [0.1, 0.15) is 30.0 Å². The van der Waals surface area contributed by atoms with E-state index in [1.807, 2.05) is 55.4 Å². The first-order valence-electron chi connectivity index (χ1n) is 9.49. The summed E-state index contributed by atoms with van der Waals surface area (Å²) in [6.45, 7) is 0.947. The van der Waals surface area contributed by atoms with Crippen molar-refractivity contribution in [1.29, 1.82) is 5.26 Å². The Morgan fingerprint density at radius 1 is 1.21 bits per heavy atom. The van der Waals surface area contributed by atoms with Crippen molar-refractivity contribution in [1.82, 2.24) is 5.32 Å². The van der Waals surface area contributed by atoms with Crippen molar-refractivity contribution >= 4 is 23.4 Å². The lowest BCUT2D eigenvalue weighted by atomic mass is 10.0. The minimum Gasteiger partial charge on any atom is -0.378 e. The number of carbonyl (C=O) groups excluding carboxylic acids is 1. The second-order valence-corrected chi connectivity index (χ2v) is 7.30. The van der Waals surface area contributed by atoms with Gasteiger partial charge >= 0.3 is 0 Å².